The van der Waals surface area contributed by atoms with E-state index in [0.29, 0.717) is 16.9 Å². The zero-order chi connectivity index (χ0) is 19.9. The average Bonchev–Trinajstić information content (AvgIpc) is 2.72. The second-order valence-corrected chi connectivity index (χ2v) is 6.33. The van der Waals surface area contributed by atoms with Crippen LogP contribution in [0.1, 0.15) is 21.5 Å². The van der Waals surface area contributed by atoms with Gasteiger partial charge in [0.2, 0.25) is 5.78 Å². The van der Waals surface area contributed by atoms with Crippen LogP contribution in [0.3, 0.4) is 0 Å². The third-order valence-electron chi connectivity index (χ3n) is 4.02. The Morgan fingerprint density at radius 1 is 1.07 bits per heavy atom. The summed E-state index contributed by atoms with van der Waals surface area (Å²) in [6.45, 7) is -0.0350. The van der Waals surface area contributed by atoms with Crippen molar-refractivity contribution in [1.29, 1.82) is 5.26 Å². The van der Waals surface area contributed by atoms with Gasteiger partial charge in [0.05, 0.1) is 5.02 Å². The number of hydrogen-bond acceptors (Lipinski definition) is 3. The lowest BCUT2D eigenvalue weighted by Crippen LogP contribution is -2.02. The quantitative estimate of drug-likeness (QED) is 0.301. The molecule has 0 spiro atoms. The van der Waals surface area contributed by atoms with Crippen LogP contribution in [0.5, 0.6) is 5.75 Å². The molecule has 0 N–H and O–H groups in total. The number of rotatable bonds is 6. The van der Waals surface area contributed by atoms with Crippen LogP contribution in [0.4, 0.5) is 4.39 Å². The van der Waals surface area contributed by atoms with E-state index >= 15 is 0 Å². The molecule has 0 unspecified atom stereocenters. The van der Waals surface area contributed by atoms with Gasteiger partial charge in [-0.1, -0.05) is 60.1 Å². The number of carbonyl (C=O) groups excluding carboxylic acids is 1. The fraction of sp³-hybridized carbons (Fsp3) is 0.0435. The Labute approximate surface area is 167 Å². The van der Waals surface area contributed by atoms with Gasteiger partial charge in [-0.2, -0.15) is 5.26 Å². The minimum Gasteiger partial charge on any atom is -0.489 e. The molecular weight excluding hydrogens is 377 g/mol. The van der Waals surface area contributed by atoms with E-state index in [1.54, 1.807) is 60.7 Å². The molecule has 0 aliphatic rings. The molecule has 3 nitrogen and oxygen atoms in total. The molecule has 0 fully saturated rings. The number of allylic oxidation sites excluding steroid dienone is 1. The number of Topliss-reactive ketones (excluding diaryl/α,β-unsaturated/α-hetero) is 1. The maximum Gasteiger partial charge on any atom is 0.203 e. The van der Waals surface area contributed by atoms with Crippen LogP contribution >= 0.6 is 11.6 Å². The Bertz CT molecular complexity index is 1050. The lowest BCUT2D eigenvalue weighted by molar-refractivity contribution is 0.104. The van der Waals surface area contributed by atoms with E-state index in [-0.39, 0.29) is 28.5 Å². The molecule has 0 saturated carbocycles. The van der Waals surface area contributed by atoms with Gasteiger partial charge in [-0.05, 0) is 35.9 Å². The van der Waals surface area contributed by atoms with Crippen molar-refractivity contribution in [3.8, 4) is 11.8 Å². The standard InChI is InChI=1S/C23H15ClFNO2/c24-21-10-5-11-22(25)20(21)15-28-19-9-4-6-16(13-19)12-18(14-26)23(27)17-7-2-1-3-8-17/h1-13H,15H2. The first kappa shape index (κ1) is 19.3. The molecule has 3 rings (SSSR count). The minimum atomic E-state index is -0.441. The van der Waals surface area contributed by atoms with Crippen molar-refractivity contribution in [2.45, 2.75) is 6.61 Å². The van der Waals surface area contributed by atoms with Crippen molar-refractivity contribution in [2.24, 2.45) is 0 Å². The first-order valence-electron chi connectivity index (χ1n) is 8.46. The van der Waals surface area contributed by atoms with Crippen LogP contribution in [-0.4, -0.2) is 5.78 Å². The number of carbonyl (C=O) groups is 1. The van der Waals surface area contributed by atoms with Crippen molar-refractivity contribution >= 4 is 23.5 Å². The molecule has 0 amide bonds. The van der Waals surface area contributed by atoms with Gasteiger partial charge in [-0.15, -0.1) is 0 Å². The highest BCUT2D eigenvalue weighted by molar-refractivity contribution is 6.31. The highest BCUT2D eigenvalue weighted by Gasteiger charge is 2.12. The predicted molar refractivity (Wildman–Crippen MR) is 107 cm³/mol. The lowest BCUT2D eigenvalue weighted by Gasteiger charge is -2.09. The molecule has 0 heterocycles. The third kappa shape index (κ3) is 4.64. The van der Waals surface area contributed by atoms with E-state index in [4.69, 9.17) is 16.3 Å². The molecule has 28 heavy (non-hydrogen) atoms. The first-order valence-corrected chi connectivity index (χ1v) is 8.83. The fourth-order valence-corrected chi connectivity index (χ4v) is 2.80. The summed E-state index contributed by atoms with van der Waals surface area (Å²) in [4.78, 5) is 12.5. The molecule has 0 aliphatic heterocycles. The normalized spacial score (nSPS) is 11.0. The zero-order valence-corrected chi connectivity index (χ0v) is 15.5. The third-order valence-corrected chi connectivity index (χ3v) is 4.37. The Hall–Kier alpha value is -3.42. The average molecular weight is 392 g/mol. The number of nitriles is 1. The van der Waals surface area contributed by atoms with Gasteiger partial charge in [0.25, 0.3) is 0 Å². The highest BCUT2D eigenvalue weighted by atomic mass is 35.5. The first-order chi connectivity index (χ1) is 13.6. The van der Waals surface area contributed by atoms with Gasteiger partial charge in [0, 0.05) is 11.1 Å². The largest absolute Gasteiger partial charge is 0.489 e. The topological polar surface area (TPSA) is 50.1 Å². The Morgan fingerprint density at radius 2 is 1.82 bits per heavy atom. The summed E-state index contributed by atoms with van der Waals surface area (Å²) in [7, 11) is 0. The second-order valence-electron chi connectivity index (χ2n) is 5.93. The van der Waals surface area contributed by atoms with Gasteiger partial charge in [-0.25, -0.2) is 4.39 Å². The minimum absolute atomic E-state index is 0.0144. The summed E-state index contributed by atoms with van der Waals surface area (Å²) in [5.41, 5.74) is 1.34. The van der Waals surface area contributed by atoms with Crippen molar-refractivity contribution < 1.29 is 13.9 Å². The molecule has 0 aromatic heterocycles. The van der Waals surface area contributed by atoms with Gasteiger partial charge >= 0.3 is 0 Å². The summed E-state index contributed by atoms with van der Waals surface area (Å²) in [6, 6.07) is 21.8. The van der Waals surface area contributed by atoms with E-state index in [2.05, 4.69) is 0 Å². The molecule has 0 radical (unpaired) electrons. The Balaban J connectivity index is 1.80. The summed E-state index contributed by atoms with van der Waals surface area (Å²) in [5.74, 6) is -0.325. The molecule has 0 bridgehead atoms. The molecular formula is C23H15ClFNO2. The molecule has 0 atom stereocenters. The second kappa shape index (κ2) is 8.98. The molecule has 5 heteroatoms. The van der Waals surface area contributed by atoms with Crippen LogP contribution in [-0.2, 0) is 6.61 Å². The summed E-state index contributed by atoms with van der Waals surface area (Å²) in [6.07, 6.45) is 1.50. The summed E-state index contributed by atoms with van der Waals surface area (Å²) < 4.78 is 19.5. The number of benzene rings is 3. The van der Waals surface area contributed by atoms with Gasteiger partial charge in [0.15, 0.2) is 0 Å². The van der Waals surface area contributed by atoms with Crippen molar-refractivity contribution in [3.63, 3.8) is 0 Å². The Morgan fingerprint density at radius 3 is 2.54 bits per heavy atom. The van der Waals surface area contributed by atoms with E-state index in [9.17, 15) is 14.4 Å². The SMILES string of the molecule is N#CC(=Cc1cccc(OCc2c(F)cccc2Cl)c1)C(=O)c1ccccc1. The van der Waals surface area contributed by atoms with Crippen LogP contribution in [0.25, 0.3) is 6.08 Å². The molecule has 0 saturated heterocycles. The number of hydrogen-bond donors (Lipinski definition) is 0. The van der Waals surface area contributed by atoms with Crippen molar-refractivity contribution in [1.82, 2.24) is 0 Å². The Kier molecular flexibility index (Phi) is 6.21. The monoisotopic (exact) mass is 391 g/mol. The number of halogens is 2. The van der Waals surface area contributed by atoms with Gasteiger partial charge in [-0.3, -0.25) is 4.79 Å². The van der Waals surface area contributed by atoms with Crippen LogP contribution in [0.2, 0.25) is 5.02 Å². The smallest absolute Gasteiger partial charge is 0.203 e. The maximum absolute atomic E-state index is 13.9. The zero-order valence-electron chi connectivity index (χ0n) is 14.7. The molecule has 3 aromatic rings. The number of nitrogens with zero attached hydrogens (tertiary/aromatic N) is 1. The number of ether oxygens (including phenoxy) is 1. The summed E-state index contributed by atoms with van der Waals surface area (Å²) >= 11 is 6.00. The molecule has 0 aliphatic carbocycles. The highest BCUT2D eigenvalue weighted by Crippen LogP contribution is 2.23. The summed E-state index contributed by atoms with van der Waals surface area (Å²) in [5, 5.41) is 9.66. The van der Waals surface area contributed by atoms with E-state index in [1.807, 2.05) is 6.07 Å². The fourth-order valence-electron chi connectivity index (χ4n) is 2.58. The number of ketones is 1. The van der Waals surface area contributed by atoms with Gasteiger partial charge in [0.1, 0.15) is 29.8 Å². The van der Waals surface area contributed by atoms with Crippen LogP contribution < -0.4 is 4.74 Å². The van der Waals surface area contributed by atoms with E-state index in [1.165, 1.54) is 18.2 Å². The van der Waals surface area contributed by atoms with E-state index in [0.717, 1.165) is 0 Å². The van der Waals surface area contributed by atoms with Crippen molar-refractivity contribution in [2.75, 3.05) is 0 Å². The maximum atomic E-state index is 13.9. The van der Waals surface area contributed by atoms with E-state index < -0.39 is 5.82 Å². The van der Waals surface area contributed by atoms with Crippen LogP contribution in [0, 0.1) is 17.1 Å². The molecule has 138 valence electrons. The van der Waals surface area contributed by atoms with Crippen molar-refractivity contribution in [3.05, 3.63) is 106 Å². The van der Waals surface area contributed by atoms with Crippen LogP contribution in [0.15, 0.2) is 78.4 Å². The molecule has 3 aromatic carbocycles. The van der Waals surface area contributed by atoms with Gasteiger partial charge < -0.3 is 4.74 Å². The predicted octanol–water partition coefficient (Wildman–Crippen LogP) is 5.85. The lowest BCUT2D eigenvalue weighted by atomic mass is 10.0.